The summed E-state index contributed by atoms with van der Waals surface area (Å²) < 4.78 is 0. The highest BCUT2D eigenvalue weighted by Crippen LogP contribution is 2.36. The number of fused-ring (bicyclic) bond motifs is 1. The van der Waals surface area contributed by atoms with E-state index in [-0.39, 0.29) is 11.9 Å². The third-order valence-electron chi connectivity index (χ3n) is 5.65. The summed E-state index contributed by atoms with van der Waals surface area (Å²) in [5, 5.41) is 3.10. The van der Waals surface area contributed by atoms with Crippen LogP contribution in [0.2, 0.25) is 0 Å². The van der Waals surface area contributed by atoms with Gasteiger partial charge in [-0.05, 0) is 56.7 Å². The number of nitrogens with zero attached hydrogens (tertiary/aromatic N) is 1. The smallest absolute Gasteiger partial charge is 0.241 e. The molecule has 1 N–H and O–H groups in total. The molecule has 1 aliphatic carbocycles. The maximum Gasteiger partial charge on any atom is 0.241 e. The lowest BCUT2D eigenvalue weighted by Crippen LogP contribution is -2.50. The van der Waals surface area contributed by atoms with Gasteiger partial charge in [-0.15, -0.1) is 0 Å². The van der Waals surface area contributed by atoms with Crippen LogP contribution in [0.25, 0.3) is 0 Å². The maximum atomic E-state index is 12.6. The molecule has 1 aromatic carbocycles. The zero-order valence-electron chi connectivity index (χ0n) is 13.8. The van der Waals surface area contributed by atoms with Crippen LogP contribution in [0, 0.1) is 18.8 Å². The van der Waals surface area contributed by atoms with Crippen molar-refractivity contribution in [2.24, 2.45) is 11.8 Å². The Hall–Kier alpha value is -1.35. The molecule has 3 heteroatoms. The van der Waals surface area contributed by atoms with E-state index < -0.39 is 0 Å². The molecule has 0 radical (unpaired) electrons. The normalized spacial score (nSPS) is 27.0. The largest absolute Gasteiger partial charge is 0.324 e. The van der Waals surface area contributed by atoms with Crippen molar-refractivity contribution in [3.05, 3.63) is 29.8 Å². The lowest BCUT2D eigenvalue weighted by molar-refractivity contribution is -0.122. The zero-order valence-corrected chi connectivity index (χ0v) is 13.8. The molecule has 0 bridgehead atoms. The molecule has 1 aliphatic heterocycles. The Morgan fingerprint density at radius 1 is 1.18 bits per heavy atom. The number of amides is 1. The summed E-state index contributed by atoms with van der Waals surface area (Å²) in [6.45, 7) is 6.26. The van der Waals surface area contributed by atoms with Gasteiger partial charge in [0.05, 0.1) is 6.04 Å². The van der Waals surface area contributed by atoms with Crippen LogP contribution in [0.1, 0.15) is 44.6 Å². The third-order valence-corrected chi connectivity index (χ3v) is 5.65. The first kappa shape index (κ1) is 15.5. The highest BCUT2D eigenvalue weighted by molar-refractivity contribution is 5.95. The second-order valence-corrected chi connectivity index (χ2v) is 7.07. The number of carbonyl (C=O) groups is 1. The molecule has 3 rings (SSSR count). The Labute approximate surface area is 134 Å². The van der Waals surface area contributed by atoms with E-state index >= 15 is 0 Å². The van der Waals surface area contributed by atoms with Crippen LogP contribution >= 0.6 is 0 Å². The van der Waals surface area contributed by atoms with Crippen molar-refractivity contribution in [1.82, 2.24) is 4.90 Å². The van der Waals surface area contributed by atoms with E-state index in [1.807, 2.05) is 31.2 Å². The van der Waals surface area contributed by atoms with Crippen LogP contribution in [0.4, 0.5) is 5.69 Å². The van der Waals surface area contributed by atoms with Crippen molar-refractivity contribution in [2.75, 3.05) is 18.4 Å². The molecule has 3 atom stereocenters. The zero-order chi connectivity index (χ0) is 15.5. The molecular formula is C19H28N2O. The number of para-hydroxylation sites is 1. The molecule has 3 nitrogen and oxygen atoms in total. The van der Waals surface area contributed by atoms with Gasteiger partial charge in [-0.2, -0.15) is 0 Å². The minimum absolute atomic E-state index is 0.0394. The van der Waals surface area contributed by atoms with E-state index in [9.17, 15) is 4.79 Å². The number of likely N-dealkylation sites (tertiary alicyclic amines) is 1. The highest BCUT2D eigenvalue weighted by atomic mass is 16.2. The number of benzene rings is 1. The predicted molar refractivity (Wildman–Crippen MR) is 90.9 cm³/mol. The maximum absolute atomic E-state index is 12.6. The Kier molecular flexibility index (Phi) is 4.82. The fourth-order valence-corrected chi connectivity index (χ4v) is 4.10. The quantitative estimate of drug-likeness (QED) is 0.920. The molecule has 0 spiro atoms. The summed E-state index contributed by atoms with van der Waals surface area (Å²) in [6, 6.07) is 7.95. The molecule has 120 valence electrons. The van der Waals surface area contributed by atoms with Gasteiger partial charge in [-0.25, -0.2) is 0 Å². The van der Waals surface area contributed by atoms with Crippen LogP contribution in [0.5, 0.6) is 0 Å². The summed E-state index contributed by atoms with van der Waals surface area (Å²) >= 11 is 0. The molecule has 1 amide bonds. The second kappa shape index (κ2) is 6.82. The average Bonchev–Trinajstić information content (AvgIpc) is 2.55. The first-order chi connectivity index (χ1) is 10.6. The van der Waals surface area contributed by atoms with E-state index in [1.165, 1.54) is 32.1 Å². The highest BCUT2D eigenvalue weighted by Gasteiger charge is 2.34. The minimum Gasteiger partial charge on any atom is -0.324 e. The molecule has 0 unspecified atom stereocenters. The molecule has 1 saturated carbocycles. The van der Waals surface area contributed by atoms with Crippen molar-refractivity contribution in [3.63, 3.8) is 0 Å². The molecule has 1 heterocycles. The number of anilines is 1. The van der Waals surface area contributed by atoms with Gasteiger partial charge >= 0.3 is 0 Å². The van der Waals surface area contributed by atoms with E-state index in [0.29, 0.717) is 0 Å². The molecule has 2 fully saturated rings. The van der Waals surface area contributed by atoms with Crippen molar-refractivity contribution in [2.45, 2.75) is 52.0 Å². The van der Waals surface area contributed by atoms with Gasteiger partial charge in [0, 0.05) is 12.2 Å². The summed E-state index contributed by atoms with van der Waals surface area (Å²) in [4.78, 5) is 15.0. The predicted octanol–water partition coefficient (Wildman–Crippen LogP) is 3.83. The Morgan fingerprint density at radius 2 is 1.91 bits per heavy atom. The summed E-state index contributed by atoms with van der Waals surface area (Å²) in [5.74, 6) is 1.86. The van der Waals surface area contributed by atoms with Crippen LogP contribution in [0.3, 0.4) is 0 Å². The topological polar surface area (TPSA) is 32.3 Å². The van der Waals surface area contributed by atoms with Gasteiger partial charge in [0.15, 0.2) is 0 Å². The van der Waals surface area contributed by atoms with E-state index in [1.54, 1.807) is 0 Å². The summed E-state index contributed by atoms with van der Waals surface area (Å²) in [6.07, 6.45) is 6.81. The number of hydrogen-bond acceptors (Lipinski definition) is 2. The summed E-state index contributed by atoms with van der Waals surface area (Å²) in [7, 11) is 0. The van der Waals surface area contributed by atoms with Crippen LogP contribution in [0.15, 0.2) is 24.3 Å². The monoisotopic (exact) mass is 300 g/mol. The average molecular weight is 300 g/mol. The minimum atomic E-state index is -0.0394. The standard InChI is InChI=1S/C19H28N2O/c1-14-7-3-6-10-18(14)20-19(22)15(2)21-12-11-16-8-4-5-9-17(16)13-21/h3,6-7,10,15-17H,4-5,8-9,11-13H2,1-2H3,(H,20,22)/t15-,16+,17-/m0/s1. The number of aryl methyl sites for hydroxylation is 1. The Balaban J connectivity index is 1.60. The van der Waals surface area contributed by atoms with Crippen molar-refractivity contribution >= 4 is 11.6 Å². The van der Waals surface area contributed by atoms with Crippen LogP contribution < -0.4 is 5.32 Å². The van der Waals surface area contributed by atoms with E-state index in [0.717, 1.165) is 36.2 Å². The van der Waals surface area contributed by atoms with Gasteiger partial charge in [0.25, 0.3) is 0 Å². The molecule has 2 aliphatic rings. The van der Waals surface area contributed by atoms with Crippen LogP contribution in [-0.4, -0.2) is 29.9 Å². The molecule has 1 aromatic rings. The third kappa shape index (κ3) is 3.35. The van der Waals surface area contributed by atoms with E-state index in [2.05, 4.69) is 17.1 Å². The second-order valence-electron chi connectivity index (χ2n) is 7.07. The Bertz CT molecular complexity index is 528. The fourth-order valence-electron chi connectivity index (χ4n) is 4.10. The van der Waals surface area contributed by atoms with Crippen molar-refractivity contribution < 1.29 is 4.79 Å². The number of hydrogen-bond donors (Lipinski definition) is 1. The molecular weight excluding hydrogens is 272 g/mol. The number of rotatable bonds is 3. The number of carbonyl (C=O) groups excluding carboxylic acids is 1. The van der Waals surface area contributed by atoms with Gasteiger partial charge in [0.2, 0.25) is 5.91 Å². The first-order valence-corrected chi connectivity index (χ1v) is 8.75. The van der Waals surface area contributed by atoms with Gasteiger partial charge in [0.1, 0.15) is 0 Å². The Morgan fingerprint density at radius 3 is 2.68 bits per heavy atom. The van der Waals surface area contributed by atoms with Gasteiger partial charge < -0.3 is 5.32 Å². The van der Waals surface area contributed by atoms with E-state index in [4.69, 9.17) is 0 Å². The SMILES string of the molecule is Cc1ccccc1NC(=O)[C@H](C)N1CC[C@H]2CCCC[C@H]2C1. The van der Waals surface area contributed by atoms with Crippen LogP contribution in [-0.2, 0) is 4.79 Å². The van der Waals surface area contributed by atoms with Crippen molar-refractivity contribution in [1.29, 1.82) is 0 Å². The lowest BCUT2D eigenvalue weighted by atomic mass is 9.75. The van der Waals surface area contributed by atoms with Gasteiger partial charge in [-0.1, -0.05) is 37.5 Å². The lowest BCUT2D eigenvalue weighted by Gasteiger charge is -2.43. The first-order valence-electron chi connectivity index (χ1n) is 8.75. The summed E-state index contributed by atoms with van der Waals surface area (Å²) in [5.41, 5.74) is 2.06. The van der Waals surface area contributed by atoms with Gasteiger partial charge in [-0.3, -0.25) is 9.69 Å². The molecule has 22 heavy (non-hydrogen) atoms. The number of piperidine rings is 1. The number of nitrogens with one attached hydrogen (secondary N) is 1. The molecule has 1 saturated heterocycles. The molecule has 0 aromatic heterocycles. The van der Waals surface area contributed by atoms with Crippen molar-refractivity contribution in [3.8, 4) is 0 Å². The fraction of sp³-hybridized carbons (Fsp3) is 0.632.